The summed E-state index contributed by atoms with van der Waals surface area (Å²) in [6.45, 7) is 2.01. The Morgan fingerprint density at radius 3 is 2.80 bits per heavy atom. The number of benzene rings is 1. The molecule has 0 amide bonds. The molecule has 0 aromatic heterocycles. The second-order valence-corrected chi connectivity index (χ2v) is 4.25. The van der Waals surface area contributed by atoms with Crippen LogP contribution in [0.25, 0.3) is 0 Å². The van der Waals surface area contributed by atoms with E-state index in [4.69, 9.17) is 14.7 Å². The lowest BCUT2D eigenvalue weighted by molar-refractivity contribution is -0.149. The first-order valence-electron chi connectivity index (χ1n) is 6.40. The molecule has 20 heavy (non-hydrogen) atoms. The maximum absolute atomic E-state index is 11.7. The van der Waals surface area contributed by atoms with Crippen LogP contribution in [0, 0.1) is 11.3 Å². The number of hydrogen-bond acceptors (Lipinski definition) is 5. The van der Waals surface area contributed by atoms with E-state index in [2.05, 4.69) is 0 Å². The number of carbonyl (C=O) groups is 2. The summed E-state index contributed by atoms with van der Waals surface area (Å²) in [5, 5.41) is 8.79. The van der Waals surface area contributed by atoms with Crippen LogP contribution in [-0.2, 0) is 9.53 Å². The Hall–Kier alpha value is -2.35. The van der Waals surface area contributed by atoms with E-state index < -0.39 is 12.1 Å². The molecule has 0 aliphatic rings. The maximum atomic E-state index is 11.7. The molecule has 5 nitrogen and oxygen atoms in total. The molecule has 0 saturated heterocycles. The van der Waals surface area contributed by atoms with E-state index in [0.717, 1.165) is 12.8 Å². The van der Waals surface area contributed by atoms with Crippen molar-refractivity contribution in [2.24, 2.45) is 0 Å². The highest BCUT2D eigenvalue weighted by Crippen LogP contribution is 2.21. The van der Waals surface area contributed by atoms with Crippen molar-refractivity contribution in [1.82, 2.24) is 0 Å². The van der Waals surface area contributed by atoms with Gasteiger partial charge in [0.05, 0.1) is 24.3 Å². The first-order chi connectivity index (χ1) is 9.65. The van der Waals surface area contributed by atoms with Gasteiger partial charge in [-0.2, -0.15) is 5.26 Å². The molecule has 0 aliphatic heterocycles. The fourth-order valence-corrected chi connectivity index (χ4v) is 1.72. The van der Waals surface area contributed by atoms with Gasteiger partial charge in [-0.25, -0.2) is 4.79 Å². The second-order valence-electron chi connectivity index (χ2n) is 4.25. The van der Waals surface area contributed by atoms with Gasteiger partial charge >= 0.3 is 5.97 Å². The maximum Gasteiger partial charge on any atom is 0.347 e. The number of methoxy groups -OCH3 is 1. The number of aldehydes is 1. The van der Waals surface area contributed by atoms with Crippen LogP contribution in [0.1, 0.15) is 42.1 Å². The molecule has 1 aromatic carbocycles. The van der Waals surface area contributed by atoms with Crippen LogP contribution in [-0.4, -0.2) is 25.5 Å². The standard InChI is InChI=1S/C15H17NO4/c1-3-4-5-14(15(18)19-2)20-13-7-6-11(9-16)8-12(13)10-17/h6-8,10,14H,3-5H2,1-2H3. The van der Waals surface area contributed by atoms with Gasteiger partial charge in [0.2, 0.25) is 0 Å². The van der Waals surface area contributed by atoms with E-state index >= 15 is 0 Å². The monoisotopic (exact) mass is 275 g/mol. The van der Waals surface area contributed by atoms with Crippen LogP contribution in [0.3, 0.4) is 0 Å². The van der Waals surface area contributed by atoms with Crippen molar-refractivity contribution in [3.05, 3.63) is 29.3 Å². The number of unbranched alkanes of at least 4 members (excludes halogenated alkanes) is 1. The van der Waals surface area contributed by atoms with Gasteiger partial charge in [0, 0.05) is 0 Å². The minimum absolute atomic E-state index is 0.245. The van der Waals surface area contributed by atoms with Gasteiger partial charge in [-0.15, -0.1) is 0 Å². The van der Waals surface area contributed by atoms with E-state index in [1.807, 2.05) is 13.0 Å². The third-order valence-corrected chi connectivity index (χ3v) is 2.82. The number of carbonyl (C=O) groups excluding carboxylic acids is 2. The van der Waals surface area contributed by atoms with Crippen LogP contribution in [0.4, 0.5) is 0 Å². The zero-order valence-electron chi connectivity index (χ0n) is 11.6. The summed E-state index contributed by atoms with van der Waals surface area (Å²) in [6, 6.07) is 6.43. The van der Waals surface area contributed by atoms with Crippen molar-refractivity contribution < 1.29 is 19.1 Å². The van der Waals surface area contributed by atoms with E-state index in [1.54, 1.807) is 0 Å². The Morgan fingerprint density at radius 1 is 1.50 bits per heavy atom. The molecule has 1 rings (SSSR count). The Kier molecular flexibility index (Phi) is 6.24. The average Bonchev–Trinajstić information content (AvgIpc) is 2.50. The third kappa shape index (κ3) is 4.09. The first-order valence-corrected chi connectivity index (χ1v) is 6.40. The fraction of sp³-hybridized carbons (Fsp3) is 0.400. The summed E-state index contributed by atoms with van der Waals surface area (Å²) in [5.74, 6) is -0.190. The third-order valence-electron chi connectivity index (χ3n) is 2.82. The second kappa shape index (κ2) is 7.95. The lowest BCUT2D eigenvalue weighted by Gasteiger charge is -2.17. The fourth-order valence-electron chi connectivity index (χ4n) is 1.72. The Labute approximate surface area is 118 Å². The smallest absolute Gasteiger partial charge is 0.347 e. The molecule has 0 aliphatic carbocycles. The molecule has 0 bridgehead atoms. The highest BCUT2D eigenvalue weighted by atomic mass is 16.6. The molecule has 0 fully saturated rings. The van der Waals surface area contributed by atoms with Gasteiger partial charge in [0.1, 0.15) is 5.75 Å². The van der Waals surface area contributed by atoms with Crippen molar-refractivity contribution in [2.75, 3.05) is 7.11 Å². The van der Waals surface area contributed by atoms with Crippen LogP contribution < -0.4 is 4.74 Å². The van der Waals surface area contributed by atoms with Crippen molar-refractivity contribution in [3.8, 4) is 11.8 Å². The quantitative estimate of drug-likeness (QED) is 0.564. The molecule has 0 heterocycles. The number of esters is 1. The van der Waals surface area contributed by atoms with Crippen LogP contribution in [0.5, 0.6) is 5.75 Å². The first kappa shape index (κ1) is 15.7. The van der Waals surface area contributed by atoms with Gasteiger partial charge in [0.25, 0.3) is 0 Å². The molecule has 5 heteroatoms. The Bertz CT molecular complexity index is 519. The lowest BCUT2D eigenvalue weighted by atomic mass is 10.1. The van der Waals surface area contributed by atoms with E-state index in [0.29, 0.717) is 18.3 Å². The molecule has 0 radical (unpaired) electrons. The van der Waals surface area contributed by atoms with Crippen LogP contribution in [0.15, 0.2) is 18.2 Å². The lowest BCUT2D eigenvalue weighted by Crippen LogP contribution is -2.29. The summed E-state index contributed by atoms with van der Waals surface area (Å²) < 4.78 is 10.3. The summed E-state index contributed by atoms with van der Waals surface area (Å²) in [6.07, 6.45) is 2.11. The van der Waals surface area contributed by atoms with Crippen LogP contribution >= 0.6 is 0 Å². The van der Waals surface area contributed by atoms with Gasteiger partial charge in [-0.05, 0) is 31.0 Å². The SMILES string of the molecule is CCCCC(Oc1ccc(C#N)cc1C=O)C(=O)OC. The largest absolute Gasteiger partial charge is 0.478 e. The molecule has 106 valence electrons. The van der Waals surface area contributed by atoms with E-state index in [9.17, 15) is 9.59 Å². The van der Waals surface area contributed by atoms with Crippen molar-refractivity contribution in [3.63, 3.8) is 0 Å². The number of nitriles is 1. The van der Waals surface area contributed by atoms with Crippen molar-refractivity contribution in [2.45, 2.75) is 32.3 Å². The van der Waals surface area contributed by atoms with Crippen molar-refractivity contribution >= 4 is 12.3 Å². The summed E-state index contributed by atoms with van der Waals surface area (Å²) in [4.78, 5) is 22.7. The minimum Gasteiger partial charge on any atom is -0.478 e. The highest BCUT2D eigenvalue weighted by molar-refractivity contribution is 5.81. The molecule has 1 unspecified atom stereocenters. The molecular formula is C15H17NO4. The van der Waals surface area contributed by atoms with Crippen molar-refractivity contribution in [1.29, 1.82) is 5.26 Å². The number of rotatable bonds is 7. The molecule has 1 aromatic rings. The Balaban J connectivity index is 2.95. The minimum atomic E-state index is -0.744. The molecule has 1 atom stereocenters. The number of hydrogen-bond donors (Lipinski definition) is 0. The van der Waals surface area contributed by atoms with Crippen LogP contribution in [0.2, 0.25) is 0 Å². The van der Waals surface area contributed by atoms with Gasteiger partial charge in [0.15, 0.2) is 12.4 Å². The number of nitrogens with zero attached hydrogens (tertiary/aromatic N) is 1. The summed E-state index contributed by atoms with van der Waals surface area (Å²) in [5.41, 5.74) is 0.608. The number of ether oxygens (including phenoxy) is 2. The zero-order chi connectivity index (χ0) is 15.0. The molecular weight excluding hydrogens is 258 g/mol. The molecule has 0 N–H and O–H groups in total. The summed E-state index contributed by atoms with van der Waals surface area (Å²) in [7, 11) is 1.30. The van der Waals surface area contributed by atoms with Gasteiger partial charge < -0.3 is 9.47 Å². The molecule has 0 saturated carbocycles. The van der Waals surface area contributed by atoms with E-state index in [-0.39, 0.29) is 11.3 Å². The predicted molar refractivity (Wildman–Crippen MR) is 72.5 cm³/mol. The average molecular weight is 275 g/mol. The normalized spacial score (nSPS) is 11.2. The van der Waals surface area contributed by atoms with Gasteiger partial charge in [-0.3, -0.25) is 4.79 Å². The molecule has 0 spiro atoms. The summed E-state index contributed by atoms with van der Waals surface area (Å²) >= 11 is 0. The zero-order valence-corrected chi connectivity index (χ0v) is 11.6. The van der Waals surface area contributed by atoms with Gasteiger partial charge in [-0.1, -0.05) is 13.3 Å². The Morgan fingerprint density at radius 2 is 2.25 bits per heavy atom. The highest BCUT2D eigenvalue weighted by Gasteiger charge is 2.21. The topological polar surface area (TPSA) is 76.4 Å². The van der Waals surface area contributed by atoms with E-state index in [1.165, 1.54) is 25.3 Å². The predicted octanol–water partition coefficient (Wildman–Crippen LogP) is 2.48.